The molecule has 0 saturated heterocycles. The zero-order valence-electron chi connectivity index (χ0n) is 10.2. The van der Waals surface area contributed by atoms with Crippen molar-refractivity contribution in [1.82, 2.24) is 0 Å². The summed E-state index contributed by atoms with van der Waals surface area (Å²) in [6.07, 6.45) is 19.4. The summed E-state index contributed by atoms with van der Waals surface area (Å²) in [5.74, 6) is 0. The second-order valence-electron chi connectivity index (χ2n) is 4.10. The van der Waals surface area contributed by atoms with Gasteiger partial charge in [-0.25, -0.2) is 0 Å². The second kappa shape index (κ2) is 13.5. The normalized spacial score (nSPS) is 11.0. The fourth-order valence-electron chi connectivity index (χ4n) is 1.58. The number of hydrogen-bond donors (Lipinski definition) is 0. The van der Waals surface area contributed by atoms with E-state index in [4.69, 9.17) is 0 Å². The molecular weight excluding hydrogens is 180 g/mol. The SMILES string of the molecule is [CH2]CCCCC=CCCCCCCC=C. The van der Waals surface area contributed by atoms with Crippen LogP contribution in [-0.4, -0.2) is 0 Å². The van der Waals surface area contributed by atoms with Crippen LogP contribution >= 0.6 is 0 Å². The first-order valence-corrected chi connectivity index (χ1v) is 6.47. The first kappa shape index (κ1) is 14.5. The Hall–Kier alpha value is -0.520. The van der Waals surface area contributed by atoms with Crippen molar-refractivity contribution in [3.05, 3.63) is 31.7 Å². The zero-order chi connectivity index (χ0) is 11.2. The molecule has 0 amide bonds. The van der Waals surface area contributed by atoms with Gasteiger partial charge in [-0.2, -0.15) is 0 Å². The minimum absolute atomic E-state index is 1.08. The highest BCUT2D eigenvalue weighted by Crippen LogP contribution is 2.07. The van der Waals surface area contributed by atoms with Crippen LogP contribution in [0.5, 0.6) is 0 Å². The monoisotopic (exact) mass is 207 g/mol. The summed E-state index contributed by atoms with van der Waals surface area (Å²) in [6, 6.07) is 0. The van der Waals surface area contributed by atoms with E-state index in [0.717, 1.165) is 6.42 Å². The van der Waals surface area contributed by atoms with Gasteiger partial charge in [-0.05, 0) is 38.5 Å². The van der Waals surface area contributed by atoms with Crippen molar-refractivity contribution in [2.75, 3.05) is 0 Å². The Morgan fingerprint density at radius 1 is 0.667 bits per heavy atom. The van der Waals surface area contributed by atoms with Crippen molar-refractivity contribution in [2.24, 2.45) is 0 Å². The number of unbranched alkanes of at least 4 members (excludes halogenated alkanes) is 8. The van der Waals surface area contributed by atoms with E-state index in [1.165, 1.54) is 57.8 Å². The molecule has 0 aliphatic carbocycles. The molecule has 0 saturated carbocycles. The van der Waals surface area contributed by atoms with Crippen molar-refractivity contribution in [1.29, 1.82) is 0 Å². The summed E-state index contributed by atoms with van der Waals surface area (Å²) in [6.45, 7) is 7.57. The molecule has 0 aliphatic rings. The molecule has 0 fully saturated rings. The third kappa shape index (κ3) is 13.5. The lowest BCUT2D eigenvalue weighted by Crippen LogP contribution is -1.76. The van der Waals surface area contributed by atoms with Crippen LogP contribution in [0.25, 0.3) is 0 Å². The molecule has 0 aromatic rings. The Morgan fingerprint density at radius 2 is 1.20 bits per heavy atom. The molecular formula is C15H27. The van der Waals surface area contributed by atoms with Gasteiger partial charge in [-0.15, -0.1) is 6.58 Å². The van der Waals surface area contributed by atoms with Crippen LogP contribution < -0.4 is 0 Å². The van der Waals surface area contributed by atoms with Crippen LogP contribution in [0, 0.1) is 6.92 Å². The molecule has 0 spiro atoms. The number of hydrogen-bond acceptors (Lipinski definition) is 0. The van der Waals surface area contributed by atoms with Crippen LogP contribution in [0.15, 0.2) is 24.8 Å². The second-order valence-corrected chi connectivity index (χ2v) is 4.10. The van der Waals surface area contributed by atoms with Gasteiger partial charge in [0.15, 0.2) is 0 Å². The summed E-state index contributed by atoms with van der Waals surface area (Å²) in [4.78, 5) is 0. The quantitative estimate of drug-likeness (QED) is 0.311. The molecule has 0 rings (SSSR count). The molecule has 0 N–H and O–H groups in total. The van der Waals surface area contributed by atoms with Gasteiger partial charge in [0.25, 0.3) is 0 Å². The molecule has 0 aromatic carbocycles. The van der Waals surface area contributed by atoms with E-state index in [1.807, 2.05) is 6.08 Å². The molecule has 0 aromatic heterocycles. The average Bonchev–Trinajstić information content (AvgIpc) is 2.26. The maximum Gasteiger partial charge on any atom is -0.0351 e. The lowest BCUT2D eigenvalue weighted by atomic mass is 10.1. The minimum atomic E-state index is 1.08. The standard InChI is InChI=1S/C15H27/c1-3-5-7-9-11-13-15-14-12-10-8-6-4-2/h3,12,14H,1-2,4-11,13,15H2. The first-order chi connectivity index (χ1) is 7.41. The third-order valence-corrected chi connectivity index (χ3v) is 2.57. The lowest BCUT2D eigenvalue weighted by molar-refractivity contribution is 0.651. The largest absolute Gasteiger partial charge is 0.103 e. The highest BCUT2D eigenvalue weighted by molar-refractivity contribution is 4.81. The zero-order valence-corrected chi connectivity index (χ0v) is 10.2. The van der Waals surface area contributed by atoms with E-state index in [-0.39, 0.29) is 0 Å². The van der Waals surface area contributed by atoms with Crippen LogP contribution in [0.3, 0.4) is 0 Å². The van der Waals surface area contributed by atoms with Crippen molar-refractivity contribution in [2.45, 2.75) is 64.2 Å². The van der Waals surface area contributed by atoms with E-state index in [0.29, 0.717) is 0 Å². The molecule has 0 heteroatoms. The topological polar surface area (TPSA) is 0 Å². The summed E-state index contributed by atoms with van der Waals surface area (Å²) in [7, 11) is 0. The first-order valence-electron chi connectivity index (χ1n) is 6.47. The summed E-state index contributed by atoms with van der Waals surface area (Å²) in [5.41, 5.74) is 0. The Morgan fingerprint density at radius 3 is 1.73 bits per heavy atom. The fraction of sp³-hybridized carbons (Fsp3) is 0.667. The Balaban J connectivity index is 2.99. The Labute approximate surface area is 96.5 Å². The summed E-state index contributed by atoms with van der Waals surface area (Å²) in [5, 5.41) is 0. The van der Waals surface area contributed by atoms with Crippen molar-refractivity contribution in [3.63, 3.8) is 0 Å². The van der Waals surface area contributed by atoms with E-state index >= 15 is 0 Å². The van der Waals surface area contributed by atoms with E-state index in [9.17, 15) is 0 Å². The molecule has 0 nitrogen and oxygen atoms in total. The number of allylic oxidation sites excluding steroid dienone is 3. The predicted molar refractivity (Wildman–Crippen MR) is 70.9 cm³/mol. The highest BCUT2D eigenvalue weighted by Gasteiger charge is 1.87. The van der Waals surface area contributed by atoms with Gasteiger partial charge in [0, 0.05) is 0 Å². The van der Waals surface area contributed by atoms with E-state index < -0.39 is 0 Å². The fourth-order valence-corrected chi connectivity index (χ4v) is 1.58. The van der Waals surface area contributed by atoms with Crippen molar-refractivity contribution >= 4 is 0 Å². The van der Waals surface area contributed by atoms with Gasteiger partial charge < -0.3 is 0 Å². The van der Waals surface area contributed by atoms with Gasteiger partial charge >= 0.3 is 0 Å². The summed E-state index contributed by atoms with van der Waals surface area (Å²) >= 11 is 0. The van der Waals surface area contributed by atoms with E-state index in [1.54, 1.807) is 0 Å². The van der Waals surface area contributed by atoms with Gasteiger partial charge in [0.2, 0.25) is 0 Å². The van der Waals surface area contributed by atoms with Gasteiger partial charge in [0.1, 0.15) is 0 Å². The lowest BCUT2D eigenvalue weighted by Gasteiger charge is -1.96. The Bertz CT molecular complexity index is 144. The van der Waals surface area contributed by atoms with Crippen molar-refractivity contribution in [3.8, 4) is 0 Å². The average molecular weight is 207 g/mol. The molecule has 0 aliphatic heterocycles. The van der Waals surface area contributed by atoms with Crippen LogP contribution in [0.2, 0.25) is 0 Å². The molecule has 87 valence electrons. The van der Waals surface area contributed by atoms with Crippen LogP contribution in [-0.2, 0) is 0 Å². The van der Waals surface area contributed by atoms with Gasteiger partial charge in [-0.1, -0.05) is 50.8 Å². The van der Waals surface area contributed by atoms with Gasteiger partial charge in [0.05, 0.1) is 0 Å². The van der Waals surface area contributed by atoms with E-state index in [2.05, 4.69) is 25.7 Å². The van der Waals surface area contributed by atoms with Crippen molar-refractivity contribution < 1.29 is 0 Å². The maximum absolute atomic E-state index is 3.84. The molecule has 0 unspecified atom stereocenters. The Kier molecular flexibility index (Phi) is 13.0. The predicted octanol–water partition coefficient (Wildman–Crippen LogP) is 5.46. The van der Waals surface area contributed by atoms with Gasteiger partial charge in [-0.3, -0.25) is 0 Å². The molecule has 15 heavy (non-hydrogen) atoms. The third-order valence-electron chi connectivity index (χ3n) is 2.57. The van der Waals surface area contributed by atoms with Crippen LogP contribution in [0.4, 0.5) is 0 Å². The molecule has 0 atom stereocenters. The molecule has 0 heterocycles. The highest BCUT2D eigenvalue weighted by atomic mass is 13.9. The minimum Gasteiger partial charge on any atom is -0.103 e. The maximum atomic E-state index is 3.84. The molecule has 1 radical (unpaired) electrons. The number of rotatable bonds is 11. The smallest absolute Gasteiger partial charge is 0.0351 e. The summed E-state index contributed by atoms with van der Waals surface area (Å²) < 4.78 is 0. The molecule has 0 bridgehead atoms. The van der Waals surface area contributed by atoms with Crippen LogP contribution in [0.1, 0.15) is 64.2 Å².